The molecule has 1 saturated carbocycles. The van der Waals surface area contributed by atoms with Gasteiger partial charge in [0.25, 0.3) is 10.0 Å². The second kappa shape index (κ2) is 8.44. The number of carbonyl (C=O) groups is 1. The van der Waals surface area contributed by atoms with E-state index in [4.69, 9.17) is 11.6 Å². The summed E-state index contributed by atoms with van der Waals surface area (Å²) in [6, 6.07) is 13.2. The molecule has 29 heavy (non-hydrogen) atoms. The normalized spacial score (nSPS) is 15.9. The zero-order valence-corrected chi connectivity index (χ0v) is 17.6. The van der Waals surface area contributed by atoms with E-state index in [1.807, 2.05) is 0 Å². The molecule has 152 valence electrons. The van der Waals surface area contributed by atoms with Crippen LogP contribution < -0.4 is 10.0 Å². The fourth-order valence-corrected chi connectivity index (χ4v) is 4.95. The number of benzene rings is 2. The maximum atomic E-state index is 12.9. The summed E-state index contributed by atoms with van der Waals surface area (Å²) < 4.78 is 28.2. The fourth-order valence-electron chi connectivity index (χ4n) is 3.49. The van der Waals surface area contributed by atoms with Crippen LogP contribution in [0.1, 0.15) is 37.7 Å². The number of anilines is 2. The fraction of sp³-hybridized carbons (Fsp3) is 0.333. The Morgan fingerprint density at radius 1 is 1.07 bits per heavy atom. The van der Waals surface area contributed by atoms with Gasteiger partial charge in [0.1, 0.15) is 5.41 Å². The third kappa shape index (κ3) is 4.72. The van der Waals surface area contributed by atoms with E-state index in [0.717, 1.165) is 19.3 Å². The lowest BCUT2D eigenvalue weighted by atomic mass is 9.74. The predicted molar refractivity (Wildman–Crippen MR) is 113 cm³/mol. The van der Waals surface area contributed by atoms with E-state index in [-0.39, 0.29) is 10.8 Å². The number of halogens is 1. The van der Waals surface area contributed by atoms with Crippen LogP contribution in [-0.2, 0) is 14.8 Å². The third-order valence-corrected chi connectivity index (χ3v) is 6.96. The highest BCUT2D eigenvalue weighted by Gasteiger charge is 2.39. The number of sulfonamides is 1. The monoisotopic (exact) mass is 431 g/mol. The molecule has 0 aliphatic heterocycles. The van der Waals surface area contributed by atoms with Crippen molar-refractivity contribution in [1.29, 1.82) is 5.26 Å². The molecule has 8 heteroatoms. The van der Waals surface area contributed by atoms with Gasteiger partial charge in [-0.1, -0.05) is 36.9 Å². The SMILES string of the molecule is Cc1ccc(NC(=O)C2(C#N)CCCCC2)cc1S(=O)(=O)Nc1ccc(Cl)cc1. The Morgan fingerprint density at radius 2 is 1.69 bits per heavy atom. The van der Waals surface area contributed by atoms with Crippen LogP contribution in [0.15, 0.2) is 47.4 Å². The number of carbonyl (C=O) groups excluding carboxylic acids is 1. The van der Waals surface area contributed by atoms with E-state index in [0.29, 0.717) is 34.8 Å². The van der Waals surface area contributed by atoms with Gasteiger partial charge < -0.3 is 5.32 Å². The van der Waals surface area contributed by atoms with Crippen LogP contribution in [-0.4, -0.2) is 14.3 Å². The van der Waals surface area contributed by atoms with Gasteiger partial charge in [-0.15, -0.1) is 0 Å². The number of nitrogens with zero attached hydrogens (tertiary/aromatic N) is 1. The molecule has 2 N–H and O–H groups in total. The Labute approximate surface area is 175 Å². The van der Waals surface area contributed by atoms with Crippen molar-refractivity contribution >= 4 is 38.9 Å². The summed E-state index contributed by atoms with van der Waals surface area (Å²) in [6.45, 7) is 1.68. The molecule has 2 aromatic rings. The minimum Gasteiger partial charge on any atom is -0.325 e. The van der Waals surface area contributed by atoms with E-state index >= 15 is 0 Å². The van der Waals surface area contributed by atoms with E-state index in [1.54, 1.807) is 43.3 Å². The molecule has 0 spiro atoms. The van der Waals surface area contributed by atoms with Gasteiger partial charge in [0.05, 0.1) is 11.0 Å². The average Bonchev–Trinajstić information content (AvgIpc) is 2.71. The van der Waals surface area contributed by atoms with Crippen molar-refractivity contribution in [1.82, 2.24) is 0 Å². The van der Waals surface area contributed by atoms with E-state index < -0.39 is 15.4 Å². The number of hydrogen-bond acceptors (Lipinski definition) is 4. The lowest BCUT2D eigenvalue weighted by Crippen LogP contribution is -2.36. The van der Waals surface area contributed by atoms with Gasteiger partial charge in [0, 0.05) is 16.4 Å². The highest BCUT2D eigenvalue weighted by molar-refractivity contribution is 7.92. The molecule has 0 aromatic heterocycles. The first-order chi connectivity index (χ1) is 13.8. The van der Waals surface area contributed by atoms with E-state index in [2.05, 4.69) is 16.1 Å². The summed E-state index contributed by atoms with van der Waals surface area (Å²) in [4.78, 5) is 12.8. The maximum Gasteiger partial charge on any atom is 0.262 e. The van der Waals surface area contributed by atoms with Gasteiger partial charge in [0.2, 0.25) is 5.91 Å². The molecule has 3 rings (SSSR count). The molecule has 0 atom stereocenters. The molecule has 0 radical (unpaired) electrons. The van der Waals surface area contributed by atoms with Gasteiger partial charge in [-0.25, -0.2) is 8.42 Å². The number of amides is 1. The molecular weight excluding hydrogens is 410 g/mol. The van der Waals surface area contributed by atoms with Crippen LogP contribution in [0.2, 0.25) is 5.02 Å². The predicted octanol–water partition coefficient (Wildman–Crippen LogP) is 4.86. The number of nitriles is 1. The molecule has 0 bridgehead atoms. The van der Waals surface area contributed by atoms with Crippen LogP contribution >= 0.6 is 11.6 Å². The first-order valence-corrected chi connectivity index (χ1v) is 11.2. The molecule has 6 nitrogen and oxygen atoms in total. The molecule has 1 aliphatic carbocycles. The summed E-state index contributed by atoms with van der Waals surface area (Å²) in [5.74, 6) is -0.377. The van der Waals surface area contributed by atoms with Crippen molar-refractivity contribution < 1.29 is 13.2 Å². The largest absolute Gasteiger partial charge is 0.325 e. The minimum atomic E-state index is -3.87. The second-order valence-corrected chi connectivity index (χ2v) is 9.39. The van der Waals surface area contributed by atoms with Crippen LogP contribution in [0, 0.1) is 23.7 Å². The lowest BCUT2D eigenvalue weighted by Gasteiger charge is -2.29. The third-order valence-electron chi connectivity index (χ3n) is 5.19. The summed E-state index contributed by atoms with van der Waals surface area (Å²) in [5.41, 5.74) is 0.215. The number of hydrogen-bond donors (Lipinski definition) is 2. The topological polar surface area (TPSA) is 99.1 Å². The number of rotatable bonds is 5. The average molecular weight is 432 g/mol. The molecule has 0 saturated heterocycles. The molecule has 1 amide bonds. The van der Waals surface area contributed by atoms with Gasteiger partial charge in [-0.3, -0.25) is 9.52 Å². The first-order valence-electron chi connectivity index (χ1n) is 9.37. The van der Waals surface area contributed by atoms with Crippen molar-refractivity contribution in [2.75, 3.05) is 10.0 Å². The van der Waals surface area contributed by atoms with Gasteiger partial charge in [-0.2, -0.15) is 5.26 Å². The van der Waals surface area contributed by atoms with E-state index in [9.17, 15) is 18.5 Å². The number of nitrogens with one attached hydrogen (secondary N) is 2. The van der Waals surface area contributed by atoms with Crippen LogP contribution in [0.5, 0.6) is 0 Å². The highest BCUT2D eigenvalue weighted by Crippen LogP contribution is 2.37. The Kier molecular flexibility index (Phi) is 6.15. The van der Waals surface area contributed by atoms with Crippen molar-refractivity contribution in [2.24, 2.45) is 5.41 Å². The Morgan fingerprint density at radius 3 is 2.31 bits per heavy atom. The smallest absolute Gasteiger partial charge is 0.262 e. The minimum absolute atomic E-state index is 0.0555. The Hall–Kier alpha value is -2.56. The van der Waals surface area contributed by atoms with Crippen molar-refractivity contribution in [3.05, 3.63) is 53.1 Å². The Bertz CT molecular complexity index is 1050. The zero-order valence-electron chi connectivity index (χ0n) is 16.0. The van der Waals surface area contributed by atoms with E-state index in [1.165, 1.54) is 6.07 Å². The van der Waals surface area contributed by atoms with Crippen LogP contribution in [0.4, 0.5) is 11.4 Å². The number of aryl methyl sites for hydroxylation is 1. The van der Waals surface area contributed by atoms with Crippen molar-refractivity contribution in [2.45, 2.75) is 43.9 Å². The first kappa shape index (κ1) is 21.2. The van der Waals surface area contributed by atoms with Crippen molar-refractivity contribution in [3.8, 4) is 6.07 Å². The quantitative estimate of drug-likeness (QED) is 0.705. The maximum absolute atomic E-state index is 12.9. The van der Waals surface area contributed by atoms with Crippen LogP contribution in [0.25, 0.3) is 0 Å². The molecule has 2 aromatic carbocycles. The highest BCUT2D eigenvalue weighted by atomic mass is 35.5. The molecule has 1 aliphatic rings. The van der Waals surface area contributed by atoms with Crippen LogP contribution in [0.3, 0.4) is 0 Å². The van der Waals surface area contributed by atoms with Gasteiger partial charge in [-0.05, 0) is 61.7 Å². The standard InChI is InChI=1S/C21H22ClN3O3S/c1-15-5-8-18(24-20(26)21(14-23)11-3-2-4-12-21)13-19(15)29(27,28)25-17-9-6-16(22)7-10-17/h5-10,13,25H,2-4,11-12H2,1H3,(H,24,26). The summed E-state index contributed by atoms with van der Waals surface area (Å²) in [5, 5.41) is 12.8. The molecule has 1 fully saturated rings. The summed E-state index contributed by atoms with van der Waals surface area (Å²) in [6.07, 6.45) is 3.72. The van der Waals surface area contributed by atoms with Crippen molar-refractivity contribution in [3.63, 3.8) is 0 Å². The molecular formula is C21H22ClN3O3S. The second-order valence-electron chi connectivity index (χ2n) is 7.30. The Balaban J connectivity index is 1.85. The summed E-state index contributed by atoms with van der Waals surface area (Å²) in [7, 11) is -3.87. The van der Waals surface area contributed by atoms with Gasteiger partial charge in [0.15, 0.2) is 0 Å². The van der Waals surface area contributed by atoms with Gasteiger partial charge >= 0.3 is 0 Å². The lowest BCUT2D eigenvalue weighted by molar-refractivity contribution is -0.124. The summed E-state index contributed by atoms with van der Waals surface area (Å²) >= 11 is 5.84. The molecule has 0 heterocycles. The zero-order chi connectivity index (χ0) is 21.1. The molecule has 0 unspecified atom stereocenters.